The lowest BCUT2D eigenvalue weighted by molar-refractivity contribution is 0.0746. The number of amides is 2. The van der Waals surface area contributed by atoms with E-state index in [4.69, 9.17) is 10.5 Å². The van der Waals surface area contributed by atoms with Gasteiger partial charge in [-0.2, -0.15) is 0 Å². The van der Waals surface area contributed by atoms with E-state index in [1.54, 1.807) is 59.5 Å². The van der Waals surface area contributed by atoms with Crippen molar-refractivity contribution in [1.29, 1.82) is 0 Å². The molecule has 4 rings (SSSR count). The van der Waals surface area contributed by atoms with Crippen LogP contribution in [0.25, 0.3) is 0 Å². The van der Waals surface area contributed by atoms with Gasteiger partial charge in [-0.1, -0.05) is 24.3 Å². The second-order valence-electron chi connectivity index (χ2n) is 8.35. The second-order valence-corrected chi connectivity index (χ2v) is 8.35. The summed E-state index contributed by atoms with van der Waals surface area (Å²) in [5.41, 5.74) is 7.76. The van der Waals surface area contributed by atoms with Crippen LogP contribution in [0.1, 0.15) is 43.6 Å². The first kappa shape index (κ1) is 23.9. The number of halogens is 1. The Morgan fingerprint density at radius 3 is 2.34 bits per heavy atom. The number of benzene rings is 3. The van der Waals surface area contributed by atoms with Crippen LogP contribution in [0.4, 0.5) is 10.1 Å². The number of nitrogens with two attached hydrogens (primary N) is 1. The number of carbonyl (C=O) groups is 3. The molecular weight excluding hydrogens is 449 g/mol. The first-order chi connectivity index (χ1) is 16.8. The fraction of sp³-hybridized carbons (Fsp3) is 0.222. The molecule has 1 aliphatic heterocycles. The molecule has 0 bridgehead atoms. The van der Waals surface area contributed by atoms with Gasteiger partial charge in [-0.05, 0) is 55.0 Å². The molecule has 7 nitrogen and oxygen atoms in total. The summed E-state index contributed by atoms with van der Waals surface area (Å²) >= 11 is 0. The van der Waals surface area contributed by atoms with E-state index in [2.05, 4.69) is 0 Å². The monoisotopic (exact) mass is 475 g/mol. The van der Waals surface area contributed by atoms with Gasteiger partial charge >= 0.3 is 0 Å². The summed E-state index contributed by atoms with van der Waals surface area (Å²) in [7, 11) is 0. The minimum Gasteiger partial charge on any atom is -0.488 e. The van der Waals surface area contributed by atoms with E-state index in [0.717, 1.165) is 5.56 Å². The Morgan fingerprint density at radius 2 is 1.66 bits per heavy atom. The Bertz CT molecular complexity index is 1270. The van der Waals surface area contributed by atoms with E-state index in [1.807, 2.05) is 11.0 Å². The molecule has 1 aliphatic rings. The van der Waals surface area contributed by atoms with Crippen LogP contribution in [0.5, 0.6) is 5.75 Å². The Labute approximate surface area is 202 Å². The molecule has 180 valence electrons. The number of piperazine rings is 1. The fourth-order valence-electron chi connectivity index (χ4n) is 4.07. The van der Waals surface area contributed by atoms with Crippen LogP contribution in [-0.4, -0.2) is 48.7 Å². The molecule has 35 heavy (non-hydrogen) atoms. The lowest BCUT2D eigenvalue weighted by atomic mass is 10.1. The molecule has 0 aromatic heterocycles. The van der Waals surface area contributed by atoms with Crippen molar-refractivity contribution in [3.05, 3.63) is 94.8 Å². The number of para-hydroxylation sites is 1. The molecule has 3 aromatic carbocycles. The van der Waals surface area contributed by atoms with Crippen molar-refractivity contribution in [2.75, 3.05) is 31.1 Å². The number of hydrogen-bond acceptors (Lipinski definition) is 5. The molecule has 0 unspecified atom stereocenters. The maximum absolute atomic E-state index is 14.5. The van der Waals surface area contributed by atoms with E-state index in [9.17, 15) is 18.8 Å². The first-order valence-corrected chi connectivity index (χ1v) is 11.3. The van der Waals surface area contributed by atoms with Crippen LogP contribution in [0.3, 0.4) is 0 Å². The summed E-state index contributed by atoms with van der Waals surface area (Å²) < 4.78 is 20.3. The normalized spacial score (nSPS) is 13.4. The smallest absolute Gasteiger partial charge is 0.253 e. The highest BCUT2D eigenvalue weighted by Gasteiger charge is 2.24. The van der Waals surface area contributed by atoms with Crippen LogP contribution >= 0.6 is 0 Å². The van der Waals surface area contributed by atoms with Gasteiger partial charge in [0, 0.05) is 37.3 Å². The largest absolute Gasteiger partial charge is 0.488 e. The van der Waals surface area contributed by atoms with Gasteiger partial charge in [0.25, 0.3) is 11.8 Å². The highest BCUT2D eigenvalue weighted by Crippen LogP contribution is 2.23. The summed E-state index contributed by atoms with van der Waals surface area (Å²) in [6.45, 7) is 3.43. The maximum Gasteiger partial charge on any atom is 0.253 e. The summed E-state index contributed by atoms with van der Waals surface area (Å²) in [5.74, 6) is -0.926. The zero-order chi connectivity index (χ0) is 24.9. The van der Waals surface area contributed by atoms with Gasteiger partial charge in [-0.3, -0.25) is 14.4 Å². The van der Waals surface area contributed by atoms with E-state index in [0.29, 0.717) is 54.3 Å². The van der Waals surface area contributed by atoms with Crippen LogP contribution in [0.2, 0.25) is 0 Å². The zero-order valence-corrected chi connectivity index (χ0v) is 19.4. The number of ketones is 1. The molecule has 1 fully saturated rings. The Kier molecular flexibility index (Phi) is 7.10. The third-order valence-electron chi connectivity index (χ3n) is 5.98. The number of primary amides is 1. The first-order valence-electron chi connectivity index (χ1n) is 11.3. The van der Waals surface area contributed by atoms with Crippen molar-refractivity contribution in [2.45, 2.75) is 13.5 Å². The van der Waals surface area contributed by atoms with Gasteiger partial charge < -0.3 is 20.3 Å². The highest BCUT2D eigenvalue weighted by atomic mass is 19.1. The summed E-state index contributed by atoms with van der Waals surface area (Å²) in [6, 6.07) is 18.4. The van der Waals surface area contributed by atoms with Crippen molar-refractivity contribution in [2.24, 2.45) is 5.73 Å². The van der Waals surface area contributed by atoms with Crippen molar-refractivity contribution < 1.29 is 23.5 Å². The van der Waals surface area contributed by atoms with E-state index in [1.165, 1.54) is 13.0 Å². The van der Waals surface area contributed by atoms with Gasteiger partial charge in [0.05, 0.1) is 11.3 Å². The van der Waals surface area contributed by atoms with E-state index in [-0.39, 0.29) is 18.3 Å². The number of carbonyl (C=O) groups excluding carboxylic acids is 3. The predicted octanol–water partition coefficient (Wildman–Crippen LogP) is 3.67. The molecule has 1 heterocycles. The standard InChI is InChI=1S/C27H26FN3O4/c1-18(32)20-9-10-24(23(28)16-20)30-11-13-31(14-12-30)27(34)21-6-4-5-19(15-21)17-35-25-8-3-2-7-22(25)26(29)33/h2-10,15-16H,11-14,17H2,1H3,(H2,29,33). The summed E-state index contributed by atoms with van der Waals surface area (Å²) in [4.78, 5) is 39.8. The Hall–Kier alpha value is -4.20. The molecule has 0 aliphatic carbocycles. The Balaban J connectivity index is 1.38. The van der Waals surface area contributed by atoms with Gasteiger partial charge in [0.15, 0.2) is 5.78 Å². The second kappa shape index (κ2) is 10.4. The highest BCUT2D eigenvalue weighted by molar-refractivity contribution is 5.96. The summed E-state index contributed by atoms with van der Waals surface area (Å²) in [5, 5.41) is 0. The predicted molar refractivity (Wildman–Crippen MR) is 130 cm³/mol. The lowest BCUT2D eigenvalue weighted by Crippen LogP contribution is -2.49. The van der Waals surface area contributed by atoms with Crippen molar-refractivity contribution in [1.82, 2.24) is 4.90 Å². The molecule has 0 atom stereocenters. The lowest BCUT2D eigenvalue weighted by Gasteiger charge is -2.36. The molecule has 1 saturated heterocycles. The molecule has 3 aromatic rings. The van der Waals surface area contributed by atoms with E-state index >= 15 is 0 Å². The van der Waals surface area contributed by atoms with Crippen molar-refractivity contribution in [3.8, 4) is 5.75 Å². The van der Waals surface area contributed by atoms with Crippen LogP contribution in [0.15, 0.2) is 66.7 Å². The molecule has 2 amide bonds. The number of Topliss-reactive ketones (excluding diaryl/α,β-unsaturated/α-hetero) is 1. The third-order valence-corrected chi connectivity index (χ3v) is 5.98. The summed E-state index contributed by atoms with van der Waals surface area (Å²) in [6.07, 6.45) is 0. The van der Waals surface area contributed by atoms with Crippen molar-refractivity contribution >= 4 is 23.3 Å². The minimum atomic E-state index is -0.571. The van der Waals surface area contributed by atoms with Crippen molar-refractivity contribution in [3.63, 3.8) is 0 Å². The van der Waals surface area contributed by atoms with Gasteiger partial charge in [-0.25, -0.2) is 4.39 Å². The van der Waals surface area contributed by atoms with Gasteiger partial charge in [-0.15, -0.1) is 0 Å². The molecule has 8 heteroatoms. The number of rotatable bonds is 7. The van der Waals surface area contributed by atoms with Crippen LogP contribution in [0, 0.1) is 5.82 Å². The Morgan fingerprint density at radius 1 is 0.914 bits per heavy atom. The number of nitrogens with zero attached hydrogens (tertiary/aromatic N) is 2. The molecule has 0 saturated carbocycles. The maximum atomic E-state index is 14.5. The zero-order valence-electron chi connectivity index (χ0n) is 19.4. The molecule has 2 N–H and O–H groups in total. The molecule has 0 radical (unpaired) electrons. The van der Waals surface area contributed by atoms with E-state index < -0.39 is 11.7 Å². The third kappa shape index (κ3) is 5.48. The topological polar surface area (TPSA) is 92.9 Å². The average molecular weight is 476 g/mol. The molecular formula is C27H26FN3O4. The fourth-order valence-corrected chi connectivity index (χ4v) is 4.07. The minimum absolute atomic E-state index is 0.114. The SMILES string of the molecule is CC(=O)c1ccc(N2CCN(C(=O)c3cccc(COc4ccccc4C(N)=O)c3)CC2)c(F)c1. The molecule has 0 spiro atoms. The van der Waals surface area contributed by atoms with Gasteiger partial charge in [0.1, 0.15) is 18.2 Å². The van der Waals surface area contributed by atoms with Gasteiger partial charge in [0.2, 0.25) is 0 Å². The quantitative estimate of drug-likeness (QED) is 0.527. The van der Waals surface area contributed by atoms with Crippen LogP contribution < -0.4 is 15.4 Å². The average Bonchev–Trinajstić information content (AvgIpc) is 2.87. The number of ether oxygens (including phenoxy) is 1. The number of anilines is 1. The number of hydrogen-bond donors (Lipinski definition) is 1. The van der Waals surface area contributed by atoms with Crippen LogP contribution in [-0.2, 0) is 6.61 Å².